The molecule has 1 amide bonds. The number of nitrogens with zero attached hydrogens (tertiary/aromatic N) is 3. The van der Waals surface area contributed by atoms with Gasteiger partial charge in [0, 0.05) is 54.9 Å². The van der Waals surface area contributed by atoms with Gasteiger partial charge in [0.05, 0.1) is 29.8 Å². The van der Waals surface area contributed by atoms with Crippen LogP contribution in [0.15, 0.2) is 52.0 Å². The molecule has 1 aromatic heterocycles. The van der Waals surface area contributed by atoms with E-state index in [9.17, 15) is 26.4 Å². The zero-order valence-electron chi connectivity index (χ0n) is 19.4. The highest BCUT2D eigenvalue weighted by Gasteiger charge is 2.43. The SMILES string of the molecule is COCc1cn(S(=O)(=O)c2ccc(OC)c(N3CCN(C(=O)C(F)(F)F)CC3)c2)c2cc(Br)ccc12. The number of rotatable bonds is 6. The maximum Gasteiger partial charge on any atom is 0.471 e. The first kappa shape index (κ1) is 26.3. The van der Waals surface area contributed by atoms with Gasteiger partial charge in [0.15, 0.2) is 0 Å². The zero-order chi connectivity index (χ0) is 26.3. The Morgan fingerprint density at radius 2 is 1.75 bits per heavy atom. The van der Waals surface area contributed by atoms with E-state index in [0.717, 1.165) is 10.3 Å². The fourth-order valence-corrected chi connectivity index (χ4v) is 5.98. The molecule has 0 aliphatic carbocycles. The van der Waals surface area contributed by atoms with E-state index in [4.69, 9.17) is 9.47 Å². The molecule has 2 aromatic carbocycles. The summed E-state index contributed by atoms with van der Waals surface area (Å²) in [6.07, 6.45) is -3.43. The largest absolute Gasteiger partial charge is 0.495 e. The van der Waals surface area contributed by atoms with Crippen molar-refractivity contribution in [2.24, 2.45) is 0 Å². The number of fused-ring (bicyclic) bond motifs is 1. The number of methoxy groups -OCH3 is 2. The first-order valence-corrected chi connectivity index (χ1v) is 13.0. The number of hydrogen-bond donors (Lipinski definition) is 0. The van der Waals surface area contributed by atoms with E-state index in [-0.39, 0.29) is 37.7 Å². The molecular formula is C23H23BrF3N3O5S. The van der Waals surface area contributed by atoms with Crippen LogP contribution in [-0.2, 0) is 26.2 Å². The molecule has 13 heteroatoms. The smallest absolute Gasteiger partial charge is 0.471 e. The first-order chi connectivity index (χ1) is 17.0. The summed E-state index contributed by atoms with van der Waals surface area (Å²) in [5.41, 5.74) is 1.57. The quantitative estimate of drug-likeness (QED) is 0.432. The molecular weight excluding hydrogens is 567 g/mol. The van der Waals surface area contributed by atoms with Crippen molar-refractivity contribution in [3.05, 3.63) is 52.6 Å². The summed E-state index contributed by atoms with van der Waals surface area (Å²) in [7, 11) is -1.12. The molecule has 1 saturated heterocycles. The van der Waals surface area contributed by atoms with Crippen LogP contribution in [0, 0.1) is 0 Å². The minimum absolute atomic E-state index is 0.0204. The number of anilines is 1. The van der Waals surface area contributed by atoms with Crippen LogP contribution in [-0.4, -0.2) is 69.8 Å². The fourth-order valence-electron chi connectivity index (χ4n) is 4.23. The monoisotopic (exact) mass is 589 g/mol. The molecule has 1 fully saturated rings. The van der Waals surface area contributed by atoms with Crippen molar-refractivity contribution < 1.29 is 35.9 Å². The highest BCUT2D eigenvalue weighted by Crippen LogP contribution is 2.35. The number of piperazine rings is 1. The van der Waals surface area contributed by atoms with E-state index in [1.807, 2.05) is 6.07 Å². The van der Waals surface area contributed by atoms with Crippen molar-refractivity contribution >= 4 is 48.5 Å². The number of hydrogen-bond acceptors (Lipinski definition) is 6. The summed E-state index contributed by atoms with van der Waals surface area (Å²) in [5.74, 6) is -1.52. The lowest BCUT2D eigenvalue weighted by Crippen LogP contribution is -2.52. The second-order valence-electron chi connectivity index (χ2n) is 8.16. The number of ether oxygens (including phenoxy) is 2. The van der Waals surface area contributed by atoms with Crippen LogP contribution in [0.3, 0.4) is 0 Å². The van der Waals surface area contributed by atoms with Gasteiger partial charge in [0.25, 0.3) is 10.0 Å². The minimum Gasteiger partial charge on any atom is -0.495 e. The molecule has 194 valence electrons. The number of alkyl halides is 3. The van der Waals surface area contributed by atoms with Crippen LogP contribution in [0.25, 0.3) is 10.9 Å². The molecule has 0 radical (unpaired) electrons. The Hall–Kier alpha value is -2.77. The normalized spacial score (nSPS) is 14.9. The molecule has 0 atom stereocenters. The summed E-state index contributed by atoms with van der Waals surface area (Å²) in [5, 5.41) is 0.725. The van der Waals surface area contributed by atoms with Crippen molar-refractivity contribution in [1.29, 1.82) is 0 Å². The molecule has 0 unspecified atom stereocenters. The lowest BCUT2D eigenvalue weighted by Gasteiger charge is -2.36. The van der Waals surface area contributed by atoms with E-state index >= 15 is 0 Å². The Morgan fingerprint density at radius 3 is 2.36 bits per heavy atom. The van der Waals surface area contributed by atoms with Crippen LogP contribution >= 0.6 is 15.9 Å². The Labute approximate surface area is 214 Å². The van der Waals surface area contributed by atoms with E-state index in [1.54, 1.807) is 17.0 Å². The summed E-state index contributed by atoms with van der Waals surface area (Å²) in [4.78, 5) is 14.0. The number of benzene rings is 2. The van der Waals surface area contributed by atoms with E-state index in [2.05, 4.69) is 15.9 Å². The summed E-state index contributed by atoms with van der Waals surface area (Å²) in [6, 6.07) is 9.69. The lowest BCUT2D eigenvalue weighted by molar-refractivity contribution is -0.185. The third kappa shape index (κ3) is 4.91. The van der Waals surface area contributed by atoms with Gasteiger partial charge in [-0.2, -0.15) is 13.2 Å². The molecule has 0 bridgehead atoms. The predicted molar refractivity (Wildman–Crippen MR) is 131 cm³/mol. The average Bonchev–Trinajstić information content (AvgIpc) is 3.21. The third-order valence-electron chi connectivity index (χ3n) is 5.97. The van der Waals surface area contributed by atoms with Gasteiger partial charge in [-0.05, 0) is 30.3 Å². The van der Waals surface area contributed by atoms with Gasteiger partial charge in [-0.3, -0.25) is 4.79 Å². The second kappa shape index (κ2) is 9.94. The van der Waals surface area contributed by atoms with Crippen LogP contribution in [0.2, 0.25) is 0 Å². The molecule has 2 heterocycles. The van der Waals surface area contributed by atoms with Crippen molar-refractivity contribution in [1.82, 2.24) is 8.87 Å². The first-order valence-electron chi connectivity index (χ1n) is 10.8. The number of halogens is 4. The maximum atomic E-state index is 13.7. The van der Waals surface area contributed by atoms with Crippen LogP contribution in [0.4, 0.5) is 18.9 Å². The molecule has 8 nitrogen and oxygen atoms in total. The minimum atomic E-state index is -4.94. The Kier molecular flexibility index (Phi) is 7.26. The van der Waals surface area contributed by atoms with E-state index in [0.29, 0.717) is 27.0 Å². The lowest BCUT2D eigenvalue weighted by atomic mass is 10.2. The Balaban J connectivity index is 1.70. The Morgan fingerprint density at radius 1 is 1.06 bits per heavy atom. The molecule has 3 aromatic rings. The highest BCUT2D eigenvalue weighted by atomic mass is 79.9. The standard InChI is InChI=1S/C23H23BrF3N3O5S/c1-34-14-15-13-30(19-11-16(24)3-5-18(15)19)36(32,33)17-4-6-21(35-2)20(12-17)28-7-9-29(10-8-28)22(31)23(25,26)27/h3-6,11-13H,7-10,14H2,1-2H3. The van der Waals surface area contributed by atoms with Gasteiger partial charge < -0.3 is 19.3 Å². The predicted octanol–water partition coefficient (Wildman–Crippen LogP) is 4.01. The van der Waals surface area contributed by atoms with Crippen LogP contribution < -0.4 is 9.64 Å². The number of carbonyl (C=O) groups excluding carboxylic acids is 1. The number of carbonyl (C=O) groups is 1. The average molecular weight is 590 g/mol. The van der Waals surface area contributed by atoms with Crippen LogP contribution in [0.5, 0.6) is 5.75 Å². The van der Waals surface area contributed by atoms with Crippen molar-refractivity contribution in [2.45, 2.75) is 17.7 Å². The van der Waals surface area contributed by atoms with Crippen molar-refractivity contribution in [2.75, 3.05) is 45.3 Å². The van der Waals surface area contributed by atoms with E-state index < -0.39 is 22.1 Å². The van der Waals surface area contributed by atoms with Crippen LogP contribution in [0.1, 0.15) is 5.56 Å². The topological polar surface area (TPSA) is 81.1 Å². The summed E-state index contributed by atoms with van der Waals surface area (Å²) in [6.45, 7) is 0.0673. The third-order valence-corrected chi connectivity index (χ3v) is 8.14. The molecule has 0 spiro atoms. The molecule has 0 N–H and O–H groups in total. The molecule has 1 aliphatic heterocycles. The molecule has 1 aliphatic rings. The second-order valence-corrected chi connectivity index (χ2v) is 10.9. The number of amides is 1. The van der Waals surface area contributed by atoms with Gasteiger partial charge in [-0.1, -0.05) is 22.0 Å². The highest BCUT2D eigenvalue weighted by molar-refractivity contribution is 9.10. The maximum absolute atomic E-state index is 13.7. The van der Waals surface area contributed by atoms with Crippen molar-refractivity contribution in [3.8, 4) is 5.75 Å². The van der Waals surface area contributed by atoms with E-state index in [1.165, 1.54) is 42.6 Å². The van der Waals surface area contributed by atoms with Gasteiger partial charge in [0.1, 0.15) is 5.75 Å². The van der Waals surface area contributed by atoms with Gasteiger partial charge in [-0.25, -0.2) is 12.4 Å². The molecule has 36 heavy (non-hydrogen) atoms. The Bertz CT molecular complexity index is 1400. The van der Waals surface area contributed by atoms with Gasteiger partial charge in [0.2, 0.25) is 0 Å². The van der Waals surface area contributed by atoms with Gasteiger partial charge in [-0.15, -0.1) is 0 Å². The number of aromatic nitrogens is 1. The fraction of sp³-hybridized carbons (Fsp3) is 0.348. The molecule has 4 rings (SSSR count). The van der Waals surface area contributed by atoms with Crippen molar-refractivity contribution in [3.63, 3.8) is 0 Å². The summed E-state index contributed by atoms with van der Waals surface area (Å²) >= 11 is 3.39. The zero-order valence-corrected chi connectivity index (χ0v) is 21.8. The molecule has 0 saturated carbocycles. The summed E-state index contributed by atoms with van der Waals surface area (Å²) < 4.78 is 78.4. The van der Waals surface area contributed by atoms with Gasteiger partial charge >= 0.3 is 12.1 Å².